The average Bonchev–Trinajstić information content (AvgIpc) is 2.77. The summed E-state index contributed by atoms with van der Waals surface area (Å²) in [6.07, 6.45) is 1.26. The van der Waals surface area contributed by atoms with E-state index >= 15 is 0 Å². The summed E-state index contributed by atoms with van der Waals surface area (Å²) in [5.41, 5.74) is 1.30. The van der Waals surface area contributed by atoms with Crippen LogP contribution in [0.25, 0.3) is 11.0 Å². The second-order valence-corrected chi connectivity index (χ2v) is 4.56. The van der Waals surface area contributed by atoms with Crippen molar-refractivity contribution in [3.63, 3.8) is 0 Å². The van der Waals surface area contributed by atoms with Gasteiger partial charge in [0.05, 0.1) is 7.11 Å². The van der Waals surface area contributed by atoms with E-state index in [9.17, 15) is 9.59 Å². The lowest BCUT2D eigenvalue weighted by molar-refractivity contribution is -0.139. The Bertz CT molecular complexity index is 784. The number of carbonyl (C=O) groups excluding carboxylic acids is 1. The number of methoxy groups -OCH3 is 1. The van der Waals surface area contributed by atoms with Crippen LogP contribution in [-0.4, -0.2) is 13.1 Å². The molecule has 5 nitrogen and oxygen atoms in total. The van der Waals surface area contributed by atoms with Gasteiger partial charge in [-0.25, -0.2) is 9.59 Å². The zero-order chi connectivity index (χ0) is 14.3. The summed E-state index contributed by atoms with van der Waals surface area (Å²) in [5, 5.41) is 0.745. The third-order valence-electron chi connectivity index (χ3n) is 3.24. The van der Waals surface area contributed by atoms with Crippen LogP contribution in [0.4, 0.5) is 0 Å². The number of hydrogen-bond donors (Lipinski definition) is 0. The number of carbonyl (C=O) groups is 1. The summed E-state index contributed by atoms with van der Waals surface area (Å²) < 4.78 is 15.7. The van der Waals surface area contributed by atoms with Gasteiger partial charge in [0.15, 0.2) is 0 Å². The summed E-state index contributed by atoms with van der Waals surface area (Å²) in [4.78, 5) is 22.7. The van der Waals surface area contributed by atoms with E-state index in [1.54, 1.807) is 31.2 Å². The van der Waals surface area contributed by atoms with Crippen molar-refractivity contribution >= 4 is 16.9 Å². The molecule has 20 heavy (non-hydrogen) atoms. The highest BCUT2D eigenvalue weighted by Crippen LogP contribution is 2.36. The van der Waals surface area contributed by atoms with Gasteiger partial charge in [0.25, 0.3) is 0 Å². The fourth-order valence-corrected chi connectivity index (χ4v) is 2.20. The first kappa shape index (κ1) is 12.5. The molecule has 3 rings (SSSR count). The molecule has 2 heterocycles. The van der Waals surface area contributed by atoms with Gasteiger partial charge in [0.1, 0.15) is 17.4 Å². The number of hydrogen-bond acceptors (Lipinski definition) is 5. The molecule has 2 aromatic rings. The Morgan fingerprint density at radius 3 is 2.65 bits per heavy atom. The van der Waals surface area contributed by atoms with Crippen LogP contribution < -0.4 is 10.4 Å². The predicted octanol–water partition coefficient (Wildman–Crippen LogP) is 2.35. The molecule has 0 saturated heterocycles. The van der Waals surface area contributed by atoms with Crippen molar-refractivity contribution in [2.45, 2.75) is 13.0 Å². The van der Waals surface area contributed by atoms with E-state index < -0.39 is 11.7 Å². The summed E-state index contributed by atoms with van der Waals surface area (Å²) in [7, 11) is 1.51. The van der Waals surface area contributed by atoms with Gasteiger partial charge in [-0.05, 0) is 25.1 Å². The van der Waals surface area contributed by atoms with Crippen LogP contribution in [0.2, 0.25) is 0 Å². The van der Waals surface area contributed by atoms with E-state index in [1.165, 1.54) is 13.2 Å². The van der Waals surface area contributed by atoms with E-state index in [2.05, 4.69) is 0 Å². The van der Waals surface area contributed by atoms with Gasteiger partial charge in [-0.3, -0.25) is 0 Å². The van der Waals surface area contributed by atoms with Crippen molar-refractivity contribution in [1.29, 1.82) is 0 Å². The Morgan fingerprint density at radius 1 is 1.20 bits per heavy atom. The smallest absolute Gasteiger partial charge is 0.336 e. The highest BCUT2D eigenvalue weighted by atomic mass is 16.5. The monoisotopic (exact) mass is 272 g/mol. The largest absolute Gasteiger partial charge is 0.496 e. The van der Waals surface area contributed by atoms with Gasteiger partial charge in [-0.2, -0.15) is 0 Å². The molecule has 1 aliphatic heterocycles. The number of esters is 1. The van der Waals surface area contributed by atoms with E-state index in [-0.39, 0.29) is 5.97 Å². The van der Waals surface area contributed by atoms with Gasteiger partial charge < -0.3 is 13.9 Å². The maximum atomic E-state index is 11.5. The van der Waals surface area contributed by atoms with Crippen LogP contribution in [0.15, 0.2) is 45.1 Å². The zero-order valence-corrected chi connectivity index (χ0v) is 11.0. The molecule has 0 fully saturated rings. The number of benzene rings is 1. The molecule has 0 bridgehead atoms. The van der Waals surface area contributed by atoms with Crippen molar-refractivity contribution in [3.8, 4) is 5.75 Å². The first-order valence-electron chi connectivity index (χ1n) is 6.09. The van der Waals surface area contributed by atoms with E-state index in [0.717, 1.165) is 10.9 Å². The van der Waals surface area contributed by atoms with Gasteiger partial charge in [0.2, 0.25) is 0 Å². The lowest BCUT2D eigenvalue weighted by Crippen LogP contribution is -2.04. The number of fused-ring (bicyclic) bond motifs is 1. The molecule has 5 heteroatoms. The van der Waals surface area contributed by atoms with Gasteiger partial charge in [-0.15, -0.1) is 0 Å². The maximum absolute atomic E-state index is 11.5. The number of rotatable bonds is 2. The second-order valence-electron chi connectivity index (χ2n) is 4.56. The fraction of sp³-hybridized carbons (Fsp3) is 0.200. The minimum atomic E-state index is -0.478. The molecule has 1 aromatic carbocycles. The second kappa shape index (κ2) is 4.52. The Balaban J connectivity index is 2.17. The normalized spacial score (nSPS) is 18.0. The maximum Gasteiger partial charge on any atom is 0.336 e. The third kappa shape index (κ3) is 1.97. The highest BCUT2D eigenvalue weighted by Gasteiger charge is 2.26. The molecule has 102 valence electrons. The number of cyclic esters (lactones) is 1. The molecule has 0 N–H and O–H groups in total. The van der Waals surface area contributed by atoms with E-state index in [1.807, 2.05) is 0 Å². The van der Waals surface area contributed by atoms with Gasteiger partial charge in [-0.1, -0.05) is 0 Å². The van der Waals surface area contributed by atoms with Gasteiger partial charge >= 0.3 is 11.6 Å². The van der Waals surface area contributed by atoms with Gasteiger partial charge in [0, 0.05) is 28.7 Å². The molecule has 0 spiro atoms. The molecule has 0 saturated carbocycles. The molecule has 0 aliphatic carbocycles. The molecular formula is C15H12O5. The first-order valence-corrected chi connectivity index (χ1v) is 6.09. The fourth-order valence-electron chi connectivity index (χ4n) is 2.20. The van der Waals surface area contributed by atoms with Crippen LogP contribution in [0.3, 0.4) is 0 Å². The molecule has 1 atom stereocenters. The lowest BCUT2D eigenvalue weighted by atomic mass is 10.0. The molecule has 0 amide bonds. The third-order valence-corrected chi connectivity index (χ3v) is 3.24. The summed E-state index contributed by atoms with van der Waals surface area (Å²) >= 11 is 0. The minimum Gasteiger partial charge on any atom is -0.496 e. The van der Waals surface area contributed by atoms with Crippen molar-refractivity contribution in [2.75, 3.05) is 7.11 Å². The highest BCUT2D eigenvalue weighted by molar-refractivity contribution is 5.90. The van der Waals surface area contributed by atoms with E-state index in [4.69, 9.17) is 13.9 Å². The van der Waals surface area contributed by atoms with Crippen molar-refractivity contribution in [3.05, 3.63) is 51.9 Å². The van der Waals surface area contributed by atoms with Crippen molar-refractivity contribution < 1.29 is 18.7 Å². The molecule has 0 radical (unpaired) electrons. The summed E-state index contributed by atoms with van der Waals surface area (Å²) in [5.74, 6) is 0.173. The Morgan fingerprint density at radius 2 is 2.00 bits per heavy atom. The molecule has 1 aromatic heterocycles. The average molecular weight is 272 g/mol. The lowest BCUT2D eigenvalue weighted by Gasteiger charge is -2.14. The predicted molar refractivity (Wildman–Crippen MR) is 71.6 cm³/mol. The summed E-state index contributed by atoms with van der Waals surface area (Å²) in [6.45, 7) is 1.70. The standard InChI is InChI=1S/C15H12O5/c1-8-5-13(20-15(8)17)10-6-9-3-4-14(16)19-11(9)7-12(10)18-2/h3-7,13H,1-2H3. The van der Waals surface area contributed by atoms with Crippen LogP contribution in [0.5, 0.6) is 5.75 Å². The Labute approximate surface area is 114 Å². The van der Waals surface area contributed by atoms with Crippen molar-refractivity contribution in [2.24, 2.45) is 0 Å². The van der Waals surface area contributed by atoms with Crippen molar-refractivity contribution in [1.82, 2.24) is 0 Å². The Hall–Kier alpha value is -2.56. The van der Waals surface area contributed by atoms with Crippen LogP contribution in [0.1, 0.15) is 18.6 Å². The number of ether oxygens (including phenoxy) is 2. The minimum absolute atomic E-state index is 0.336. The van der Waals surface area contributed by atoms with Crippen LogP contribution in [-0.2, 0) is 9.53 Å². The quantitative estimate of drug-likeness (QED) is 0.620. The zero-order valence-electron chi connectivity index (χ0n) is 11.0. The Kier molecular flexibility index (Phi) is 2.82. The van der Waals surface area contributed by atoms with Crippen LogP contribution >= 0.6 is 0 Å². The summed E-state index contributed by atoms with van der Waals surface area (Å²) in [6, 6.07) is 6.43. The molecule has 1 aliphatic rings. The molecule has 1 unspecified atom stereocenters. The first-order chi connectivity index (χ1) is 9.58. The topological polar surface area (TPSA) is 65.7 Å². The SMILES string of the molecule is COc1cc2oc(=O)ccc2cc1C1C=C(C)C(=O)O1. The van der Waals surface area contributed by atoms with Crippen LogP contribution in [0, 0.1) is 0 Å². The van der Waals surface area contributed by atoms with E-state index in [0.29, 0.717) is 16.9 Å². The molecular weight excluding hydrogens is 260 g/mol.